The summed E-state index contributed by atoms with van der Waals surface area (Å²) in [5, 5.41) is 12.7. The molecule has 198 valence electrons. The van der Waals surface area contributed by atoms with E-state index < -0.39 is 67.6 Å². The van der Waals surface area contributed by atoms with E-state index in [-0.39, 0.29) is 16.8 Å². The van der Waals surface area contributed by atoms with E-state index in [1.807, 2.05) is 0 Å². The van der Waals surface area contributed by atoms with Gasteiger partial charge in [0.05, 0.1) is 9.92 Å². The van der Waals surface area contributed by atoms with E-state index in [2.05, 4.69) is 10.1 Å². The number of allylic oxidation sites excluding steroid dienone is 1. The second kappa shape index (κ2) is 9.99. The first kappa shape index (κ1) is 26.9. The molecule has 0 fully saturated rings. The Kier molecular flexibility index (Phi) is 7.08. The highest BCUT2D eigenvalue weighted by molar-refractivity contribution is 7.89. The second-order valence-corrected chi connectivity index (χ2v) is 10.0. The van der Waals surface area contributed by atoms with Crippen molar-refractivity contribution in [3.63, 3.8) is 0 Å². The van der Waals surface area contributed by atoms with Crippen LogP contribution in [0.1, 0.15) is 15.9 Å². The number of fused-ring (bicyclic) bond motifs is 1. The maximum absolute atomic E-state index is 13.6. The average Bonchev–Trinajstić information content (AvgIpc) is 2.83. The van der Waals surface area contributed by atoms with Crippen LogP contribution < -0.4 is 10.1 Å². The van der Waals surface area contributed by atoms with Crippen LogP contribution in [0.2, 0.25) is 5.02 Å². The van der Waals surface area contributed by atoms with Crippen LogP contribution in [0.15, 0.2) is 77.3 Å². The van der Waals surface area contributed by atoms with Gasteiger partial charge in [-0.25, -0.2) is 17.1 Å². The monoisotopic (exact) mass is 570 g/mol. The topological polar surface area (TPSA) is 113 Å². The summed E-state index contributed by atoms with van der Waals surface area (Å²) in [5.41, 5.74) is -1.47. The Bertz CT molecular complexity index is 1590. The number of anilines is 1. The van der Waals surface area contributed by atoms with Gasteiger partial charge in [-0.05, 0) is 42.5 Å². The number of ketones is 1. The fourth-order valence-corrected chi connectivity index (χ4v) is 5.43. The molecule has 0 atom stereocenters. The van der Waals surface area contributed by atoms with Gasteiger partial charge in [-0.15, -0.1) is 13.2 Å². The summed E-state index contributed by atoms with van der Waals surface area (Å²) >= 11 is 5.76. The molecule has 0 spiro atoms. The van der Waals surface area contributed by atoms with Gasteiger partial charge in [-0.3, -0.25) is 9.59 Å². The number of carbonyl (C=O) groups is 2. The van der Waals surface area contributed by atoms with Gasteiger partial charge in [-0.1, -0.05) is 29.8 Å². The van der Waals surface area contributed by atoms with Crippen LogP contribution in [0.5, 0.6) is 5.75 Å². The molecular formula is C24H15ClF4N2O6S. The SMILES string of the molecule is O=C(CN1C(=C(O)c2ccc(F)c(Cl)c2)C(=O)c2ccccc2S1(=O)=O)Nc1cccc(OC(F)(F)F)c1. The number of aliphatic hydroxyl groups is 1. The number of rotatable bonds is 5. The summed E-state index contributed by atoms with van der Waals surface area (Å²) in [6, 6.07) is 12.2. The maximum atomic E-state index is 13.6. The third-order valence-corrected chi connectivity index (χ3v) is 7.31. The zero-order valence-electron chi connectivity index (χ0n) is 18.8. The molecule has 8 nitrogen and oxygen atoms in total. The zero-order chi connectivity index (χ0) is 27.8. The minimum Gasteiger partial charge on any atom is -0.505 e. The highest BCUT2D eigenvalue weighted by Gasteiger charge is 2.42. The minimum atomic E-state index is -4.99. The molecule has 4 rings (SSSR count). The number of carbonyl (C=O) groups excluding carboxylic acids is 2. The van der Waals surface area contributed by atoms with Crippen LogP contribution in [0, 0.1) is 5.82 Å². The molecule has 1 aliphatic rings. The molecule has 0 bridgehead atoms. The number of aliphatic hydroxyl groups excluding tert-OH is 1. The number of Topliss-reactive ketones (excluding diaryl/α,β-unsaturated/α-hetero) is 1. The van der Waals surface area contributed by atoms with Crippen molar-refractivity contribution in [3.8, 4) is 5.75 Å². The summed E-state index contributed by atoms with van der Waals surface area (Å²) in [5.74, 6) is -4.40. The van der Waals surface area contributed by atoms with E-state index in [4.69, 9.17) is 11.6 Å². The number of sulfonamides is 1. The summed E-state index contributed by atoms with van der Waals surface area (Å²) in [6.07, 6.45) is -4.99. The largest absolute Gasteiger partial charge is 0.573 e. The molecule has 38 heavy (non-hydrogen) atoms. The molecule has 0 radical (unpaired) electrons. The molecule has 1 amide bonds. The molecule has 14 heteroatoms. The van der Waals surface area contributed by atoms with Crippen molar-refractivity contribution in [1.29, 1.82) is 0 Å². The van der Waals surface area contributed by atoms with Gasteiger partial charge >= 0.3 is 6.36 Å². The fraction of sp³-hybridized carbons (Fsp3) is 0.0833. The molecule has 1 aliphatic heterocycles. The Labute approximate surface area is 217 Å². The molecule has 0 unspecified atom stereocenters. The van der Waals surface area contributed by atoms with Crippen molar-refractivity contribution < 1.29 is 45.4 Å². The van der Waals surface area contributed by atoms with Gasteiger partial charge in [0.25, 0.3) is 10.0 Å². The van der Waals surface area contributed by atoms with Crippen LogP contribution in [-0.4, -0.2) is 42.4 Å². The molecule has 0 saturated heterocycles. The standard InChI is InChI=1S/C24H15ClF4N2O6S/c25-17-10-13(8-9-18(17)26)22(33)21-23(34)16-6-1-2-7-19(16)38(35,36)31(21)12-20(32)30-14-4-3-5-15(11-14)37-24(27,28)29/h1-11,33H,12H2,(H,30,32). The third kappa shape index (κ3) is 5.43. The maximum Gasteiger partial charge on any atom is 0.573 e. The summed E-state index contributed by atoms with van der Waals surface area (Å²) < 4.78 is 82.2. The number of alkyl halides is 3. The number of nitrogens with one attached hydrogen (secondary N) is 1. The molecule has 3 aromatic carbocycles. The van der Waals surface area contributed by atoms with Gasteiger partial charge in [0.1, 0.15) is 23.8 Å². The van der Waals surface area contributed by atoms with E-state index in [1.54, 1.807) is 0 Å². The average molecular weight is 571 g/mol. The van der Waals surface area contributed by atoms with Crippen molar-refractivity contribution in [3.05, 3.63) is 94.4 Å². The molecule has 2 N–H and O–H groups in total. The molecule has 1 heterocycles. The van der Waals surface area contributed by atoms with Crippen LogP contribution in [0.4, 0.5) is 23.2 Å². The Balaban J connectivity index is 1.75. The van der Waals surface area contributed by atoms with Crippen LogP contribution in [0.25, 0.3) is 5.76 Å². The number of halogens is 5. The first-order valence-electron chi connectivity index (χ1n) is 10.5. The van der Waals surface area contributed by atoms with Crippen LogP contribution in [-0.2, 0) is 14.8 Å². The Hall–Kier alpha value is -4.10. The summed E-state index contributed by atoms with van der Waals surface area (Å²) in [7, 11) is -4.60. The highest BCUT2D eigenvalue weighted by atomic mass is 35.5. The lowest BCUT2D eigenvalue weighted by atomic mass is 10.0. The van der Waals surface area contributed by atoms with Gasteiger partial charge in [-0.2, -0.15) is 0 Å². The number of amides is 1. The Morgan fingerprint density at radius 2 is 1.76 bits per heavy atom. The van der Waals surface area contributed by atoms with E-state index >= 15 is 0 Å². The number of benzene rings is 3. The quantitative estimate of drug-likeness (QED) is 0.250. The molecule has 0 aromatic heterocycles. The van der Waals surface area contributed by atoms with Gasteiger partial charge in [0.2, 0.25) is 11.7 Å². The smallest absolute Gasteiger partial charge is 0.505 e. The van der Waals surface area contributed by atoms with Crippen molar-refractivity contribution in [2.45, 2.75) is 11.3 Å². The van der Waals surface area contributed by atoms with Gasteiger partial charge < -0.3 is 15.2 Å². The predicted octanol–water partition coefficient (Wildman–Crippen LogP) is 5.13. The highest BCUT2D eigenvalue weighted by Crippen LogP contribution is 2.36. The Morgan fingerprint density at radius 3 is 2.45 bits per heavy atom. The van der Waals surface area contributed by atoms with E-state index in [1.165, 1.54) is 24.3 Å². The summed E-state index contributed by atoms with van der Waals surface area (Å²) in [4.78, 5) is 25.7. The first-order chi connectivity index (χ1) is 17.8. The first-order valence-corrected chi connectivity index (χ1v) is 12.3. The zero-order valence-corrected chi connectivity index (χ0v) is 20.4. The third-order valence-electron chi connectivity index (χ3n) is 5.22. The van der Waals surface area contributed by atoms with Crippen molar-refractivity contribution in [1.82, 2.24) is 4.31 Å². The molecule has 3 aromatic rings. The number of ether oxygens (including phenoxy) is 1. The molecular weight excluding hydrogens is 556 g/mol. The number of hydrogen-bond acceptors (Lipinski definition) is 6. The van der Waals surface area contributed by atoms with E-state index in [0.29, 0.717) is 4.31 Å². The van der Waals surface area contributed by atoms with Crippen molar-refractivity contribution in [2.75, 3.05) is 11.9 Å². The summed E-state index contributed by atoms with van der Waals surface area (Å²) in [6.45, 7) is -1.05. The number of nitrogens with zero attached hydrogens (tertiary/aromatic N) is 1. The van der Waals surface area contributed by atoms with Crippen molar-refractivity contribution in [2.24, 2.45) is 0 Å². The Morgan fingerprint density at radius 1 is 1.05 bits per heavy atom. The number of hydrogen-bond donors (Lipinski definition) is 2. The molecule has 0 aliphatic carbocycles. The van der Waals surface area contributed by atoms with E-state index in [0.717, 1.165) is 42.5 Å². The lowest BCUT2D eigenvalue weighted by Gasteiger charge is -2.31. The predicted molar refractivity (Wildman–Crippen MR) is 127 cm³/mol. The minimum absolute atomic E-state index is 0.169. The van der Waals surface area contributed by atoms with Crippen molar-refractivity contribution >= 4 is 44.8 Å². The fourth-order valence-electron chi connectivity index (χ4n) is 3.63. The normalized spacial score (nSPS) is 16.0. The van der Waals surface area contributed by atoms with Crippen LogP contribution in [0.3, 0.4) is 0 Å². The van der Waals surface area contributed by atoms with Gasteiger partial charge in [0.15, 0.2) is 5.76 Å². The lowest BCUT2D eigenvalue weighted by molar-refractivity contribution is -0.274. The van der Waals surface area contributed by atoms with E-state index in [9.17, 15) is 40.7 Å². The molecule has 0 saturated carbocycles. The van der Waals surface area contributed by atoms with Crippen LogP contribution >= 0.6 is 11.6 Å². The lowest BCUT2D eigenvalue weighted by Crippen LogP contribution is -2.43. The van der Waals surface area contributed by atoms with Gasteiger partial charge in [0, 0.05) is 22.9 Å². The second-order valence-electron chi connectivity index (χ2n) is 7.79.